The molecule has 1 amide bonds. The summed E-state index contributed by atoms with van der Waals surface area (Å²) in [5.41, 5.74) is 5.92. The summed E-state index contributed by atoms with van der Waals surface area (Å²) >= 11 is 0. The number of aromatic nitrogens is 3. The number of amides is 1. The number of carboxylic acids is 1. The van der Waals surface area contributed by atoms with Crippen LogP contribution in [-0.2, 0) is 46.2 Å². The van der Waals surface area contributed by atoms with Gasteiger partial charge < -0.3 is 44.9 Å². The molecule has 1 aliphatic heterocycles. The van der Waals surface area contributed by atoms with Gasteiger partial charge in [0, 0.05) is 32.5 Å². The average Bonchev–Trinajstić information content (AvgIpc) is 3.24. The molecule has 194 valence electrons. The van der Waals surface area contributed by atoms with E-state index in [9.17, 15) is 19.8 Å². The van der Waals surface area contributed by atoms with Gasteiger partial charge in [0.25, 0.3) is 5.79 Å². The summed E-state index contributed by atoms with van der Waals surface area (Å²) in [6, 6.07) is -0.697. The number of rotatable bonds is 17. The molecular weight excluding hydrogens is 454 g/mol. The third-order valence-corrected chi connectivity index (χ3v) is 4.90. The molecule has 5 N–H and O–H groups in total. The lowest BCUT2D eigenvalue weighted by atomic mass is 9.98. The van der Waals surface area contributed by atoms with Crippen molar-refractivity contribution in [1.82, 2.24) is 20.3 Å². The maximum atomic E-state index is 11.8. The van der Waals surface area contributed by atoms with Crippen LogP contribution in [-0.4, -0.2) is 114 Å². The predicted molar refractivity (Wildman–Crippen MR) is 116 cm³/mol. The van der Waals surface area contributed by atoms with Crippen LogP contribution in [0.5, 0.6) is 0 Å². The van der Waals surface area contributed by atoms with Gasteiger partial charge in [-0.2, -0.15) is 0 Å². The summed E-state index contributed by atoms with van der Waals surface area (Å²) in [6.07, 6.45) is 0.575. The predicted octanol–water partition coefficient (Wildman–Crippen LogP) is -2.09. The molecule has 0 unspecified atom stereocenters. The highest BCUT2D eigenvalue weighted by Gasteiger charge is 2.49. The molecule has 1 aromatic heterocycles. The van der Waals surface area contributed by atoms with E-state index >= 15 is 0 Å². The van der Waals surface area contributed by atoms with Crippen molar-refractivity contribution in [3.63, 3.8) is 0 Å². The second-order valence-electron chi connectivity index (χ2n) is 7.64. The number of carboxylic acid groups (broad SMARTS) is 1. The van der Waals surface area contributed by atoms with Crippen molar-refractivity contribution in [2.24, 2.45) is 5.73 Å². The molecule has 1 fully saturated rings. The minimum Gasteiger partial charge on any atom is -0.477 e. The van der Waals surface area contributed by atoms with Crippen molar-refractivity contribution in [3.8, 4) is 0 Å². The van der Waals surface area contributed by atoms with Gasteiger partial charge in [-0.1, -0.05) is 5.21 Å². The first-order chi connectivity index (χ1) is 16.4. The minimum absolute atomic E-state index is 0.00858. The molecule has 0 radical (unpaired) electrons. The lowest BCUT2D eigenvalue weighted by molar-refractivity contribution is -0.273. The first-order valence-corrected chi connectivity index (χ1v) is 11.1. The Balaban J connectivity index is 1.64. The third-order valence-electron chi connectivity index (χ3n) is 4.90. The monoisotopic (exact) mass is 489 g/mol. The van der Waals surface area contributed by atoms with E-state index in [2.05, 4.69) is 15.6 Å². The fraction of sp³-hybridized carbons (Fsp3) is 0.800. The molecule has 1 aliphatic rings. The van der Waals surface area contributed by atoms with Gasteiger partial charge >= 0.3 is 5.97 Å². The van der Waals surface area contributed by atoms with E-state index in [-0.39, 0.29) is 25.5 Å². The van der Waals surface area contributed by atoms with Crippen LogP contribution in [0.15, 0.2) is 6.20 Å². The van der Waals surface area contributed by atoms with Crippen LogP contribution in [0.2, 0.25) is 0 Å². The first kappa shape index (κ1) is 28.0. The van der Waals surface area contributed by atoms with Crippen molar-refractivity contribution in [2.75, 3.05) is 59.4 Å². The number of aliphatic hydroxyl groups is 1. The van der Waals surface area contributed by atoms with Gasteiger partial charge in [0.2, 0.25) is 5.91 Å². The summed E-state index contributed by atoms with van der Waals surface area (Å²) in [4.78, 5) is 22.9. The highest BCUT2D eigenvalue weighted by molar-refractivity contribution is 5.76. The second kappa shape index (κ2) is 14.9. The van der Waals surface area contributed by atoms with Gasteiger partial charge in [0.1, 0.15) is 0 Å². The van der Waals surface area contributed by atoms with Gasteiger partial charge in [-0.05, 0) is 0 Å². The average molecular weight is 490 g/mol. The molecule has 3 atom stereocenters. The molecule has 34 heavy (non-hydrogen) atoms. The Hall–Kier alpha value is -2.20. The van der Waals surface area contributed by atoms with Gasteiger partial charge in [-0.25, -0.2) is 9.48 Å². The van der Waals surface area contributed by atoms with Crippen LogP contribution >= 0.6 is 0 Å². The Labute approximate surface area is 197 Å². The molecular formula is C20H35N5O9. The number of aliphatic hydroxyl groups excluding tert-OH is 1. The number of hydrogen-bond acceptors (Lipinski definition) is 11. The van der Waals surface area contributed by atoms with Crippen LogP contribution in [0.3, 0.4) is 0 Å². The maximum absolute atomic E-state index is 11.8. The van der Waals surface area contributed by atoms with Crippen LogP contribution in [0.4, 0.5) is 0 Å². The molecule has 0 bridgehead atoms. The van der Waals surface area contributed by atoms with Crippen LogP contribution in [0.25, 0.3) is 0 Å². The highest BCUT2D eigenvalue weighted by Crippen LogP contribution is 2.27. The highest BCUT2D eigenvalue weighted by atomic mass is 16.7. The van der Waals surface area contributed by atoms with Crippen molar-refractivity contribution >= 4 is 11.9 Å². The van der Waals surface area contributed by atoms with Crippen LogP contribution in [0, 0.1) is 0 Å². The van der Waals surface area contributed by atoms with E-state index in [1.807, 2.05) is 0 Å². The molecule has 1 saturated heterocycles. The smallest absolute Gasteiger partial charge is 0.364 e. The number of nitrogens with two attached hydrogens (primary N) is 1. The topological polar surface area (TPSA) is 190 Å². The van der Waals surface area contributed by atoms with Gasteiger partial charge in [-0.15, -0.1) is 5.10 Å². The standard InChI is InChI=1S/C20H35N5O9/c1-15(26)22-17-14-34-20(19(28)29,12-18(17)27)33-5-2-16-13-25(24-23-16)4-7-31-9-11-32-10-8-30-6-3-21/h13,17-18,27H,2-12,14,21H2,1H3,(H,22,26)(H,28,29)/t17-,18-,20+/m0/s1. The molecule has 0 saturated carbocycles. The van der Waals surface area contributed by atoms with Gasteiger partial charge in [0.05, 0.1) is 77.2 Å². The number of carbonyl (C=O) groups excluding carboxylic acids is 1. The first-order valence-electron chi connectivity index (χ1n) is 11.1. The molecule has 0 aliphatic carbocycles. The van der Waals surface area contributed by atoms with Crippen molar-refractivity contribution in [1.29, 1.82) is 0 Å². The lowest BCUT2D eigenvalue weighted by Crippen LogP contribution is -2.59. The SMILES string of the molecule is CC(=O)N[C@H]1CO[C@@](OCCc2cn(CCOCCOCCOCCN)nn2)(C(=O)O)C[C@@H]1O. The van der Waals surface area contributed by atoms with E-state index in [0.29, 0.717) is 64.8 Å². The van der Waals surface area contributed by atoms with E-state index in [1.54, 1.807) is 10.9 Å². The molecule has 0 spiro atoms. The molecule has 0 aromatic carbocycles. The van der Waals surface area contributed by atoms with E-state index in [1.165, 1.54) is 6.92 Å². The van der Waals surface area contributed by atoms with E-state index in [0.717, 1.165) is 0 Å². The largest absolute Gasteiger partial charge is 0.477 e. The van der Waals surface area contributed by atoms with Crippen LogP contribution in [0.1, 0.15) is 19.0 Å². The van der Waals surface area contributed by atoms with E-state index in [4.69, 9.17) is 29.4 Å². The maximum Gasteiger partial charge on any atom is 0.364 e. The number of ether oxygens (including phenoxy) is 5. The number of nitrogens with one attached hydrogen (secondary N) is 1. The molecule has 2 heterocycles. The fourth-order valence-electron chi connectivity index (χ4n) is 3.19. The molecule has 2 rings (SSSR count). The van der Waals surface area contributed by atoms with Crippen molar-refractivity contribution < 1.29 is 43.5 Å². The minimum atomic E-state index is -1.99. The fourth-order valence-corrected chi connectivity index (χ4v) is 3.19. The normalized spacial score (nSPS) is 22.6. The van der Waals surface area contributed by atoms with Crippen molar-refractivity contribution in [3.05, 3.63) is 11.9 Å². The Morgan fingerprint density at radius 1 is 1.21 bits per heavy atom. The molecule has 14 nitrogen and oxygen atoms in total. The van der Waals surface area contributed by atoms with Gasteiger partial charge in [-0.3, -0.25) is 4.79 Å². The summed E-state index contributed by atoms with van der Waals surface area (Å²) in [6.45, 7) is 4.93. The summed E-state index contributed by atoms with van der Waals surface area (Å²) < 4.78 is 28.6. The quantitative estimate of drug-likeness (QED) is 0.175. The zero-order chi connectivity index (χ0) is 24.8. The Morgan fingerprint density at radius 2 is 1.88 bits per heavy atom. The third kappa shape index (κ3) is 9.58. The zero-order valence-corrected chi connectivity index (χ0v) is 19.4. The Morgan fingerprint density at radius 3 is 2.50 bits per heavy atom. The van der Waals surface area contributed by atoms with Crippen molar-refractivity contribution in [2.45, 2.75) is 44.2 Å². The second-order valence-corrected chi connectivity index (χ2v) is 7.64. The lowest BCUT2D eigenvalue weighted by Gasteiger charge is -2.39. The zero-order valence-electron chi connectivity index (χ0n) is 19.4. The number of nitrogens with zero attached hydrogens (tertiary/aromatic N) is 3. The molecule has 1 aromatic rings. The van der Waals surface area contributed by atoms with Crippen LogP contribution < -0.4 is 11.1 Å². The van der Waals surface area contributed by atoms with E-state index < -0.39 is 23.9 Å². The molecule has 14 heteroatoms. The number of carbonyl (C=O) groups is 2. The number of aliphatic carboxylic acids is 1. The Bertz CT molecular complexity index is 750. The summed E-state index contributed by atoms with van der Waals surface area (Å²) in [7, 11) is 0. The number of hydrogen-bond donors (Lipinski definition) is 4. The summed E-state index contributed by atoms with van der Waals surface area (Å²) in [5, 5.41) is 30.4. The Kier molecular flexibility index (Phi) is 12.3. The van der Waals surface area contributed by atoms with Gasteiger partial charge in [0.15, 0.2) is 0 Å². The summed E-state index contributed by atoms with van der Waals surface area (Å²) in [5.74, 6) is -3.68.